The number of aromatic nitrogens is 2. The Balaban J connectivity index is 2.32. The van der Waals surface area contributed by atoms with Crippen LogP contribution in [0.2, 0.25) is 0 Å². The summed E-state index contributed by atoms with van der Waals surface area (Å²) in [6.07, 6.45) is 1.67. The van der Waals surface area contributed by atoms with Crippen molar-refractivity contribution in [2.24, 2.45) is 0 Å². The van der Waals surface area contributed by atoms with Crippen molar-refractivity contribution in [2.75, 3.05) is 0 Å². The highest BCUT2D eigenvalue weighted by atomic mass is 16.5. The highest BCUT2D eigenvalue weighted by Gasteiger charge is 2.48. The van der Waals surface area contributed by atoms with Crippen LogP contribution in [0.1, 0.15) is 51.7 Å². The second-order valence-corrected chi connectivity index (χ2v) is 5.37. The maximum Gasteiger partial charge on any atom is 0.249 e. The third-order valence-corrected chi connectivity index (χ3v) is 4.18. The molecule has 1 aromatic rings. The Bertz CT molecular complexity index is 536. The molecule has 2 amide bonds. The van der Waals surface area contributed by atoms with Gasteiger partial charge in [-0.25, -0.2) is 0 Å². The van der Waals surface area contributed by atoms with E-state index < -0.39 is 11.6 Å². The first-order chi connectivity index (χ1) is 9.97. The predicted molar refractivity (Wildman–Crippen MR) is 75.1 cm³/mol. The molecular weight excluding hydrogens is 272 g/mol. The molecule has 7 heteroatoms. The molecule has 0 aromatic carbocycles. The summed E-state index contributed by atoms with van der Waals surface area (Å²) >= 11 is 0. The molecule has 0 radical (unpaired) electrons. The maximum atomic E-state index is 12.9. The van der Waals surface area contributed by atoms with Gasteiger partial charge in [0.1, 0.15) is 18.1 Å². The average Bonchev–Trinajstić information content (AvgIpc) is 2.88. The monoisotopic (exact) mass is 294 g/mol. The van der Waals surface area contributed by atoms with Gasteiger partial charge in [-0.1, -0.05) is 25.9 Å². The summed E-state index contributed by atoms with van der Waals surface area (Å²) in [5.74, 6) is 0.686. The largest absolute Gasteiger partial charge is 0.340 e. The minimum absolute atomic E-state index is 0.0743. The van der Waals surface area contributed by atoms with Crippen LogP contribution in [-0.4, -0.2) is 38.4 Å². The molecule has 0 aliphatic carbocycles. The van der Waals surface area contributed by atoms with Gasteiger partial charge in [0.25, 0.3) is 0 Å². The van der Waals surface area contributed by atoms with E-state index in [1.807, 2.05) is 20.8 Å². The molecule has 1 N–H and O–H groups in total. The summed E-state index contributed by atoms with van der Waals surface area (Å²) in [6.45, 7) is 7.59. The minimum Gasteiger partial charge on any atom is -0.340 e. The third-order valence-electron chi connectivity index (χ3n) is 4.18. The Labute approximate surface area is 124 Å². The molecule has 0 spiro atoms. The van der Waals surface area contributed by atoms with Crippen molar-refractivity contribution >= 4 is 11.8 Å². The Morgan fingerprint density at radius 1 is 1.29 bits per heavy atom. The van der Waals surface area contributed by atoms with Crippen molar-refractivity contribution in [2.45, 2.75) is 65.1 Å². The summed E-state index contributed by atoms with van der Waals surface area (Å²) in [4.78, 5) is 30.9. The molecule has 2 rings (SSSR count). The maximum absolute atomic E-state index is 12.9. The lowest BCUT2D eigenvalue weighted by Gasteiger charge is -2.44. The Hall–Kier alpha value is -1.92. The van der Waals surface area contributed by atoms with Crippen molar-refractivity contribution in [1.29, 1.82) is 0 Å². The summed E-state index contributed by atoms with van der Waals surface area (Å²) < 4.78 is 5.09. The Morgan fingerprint density at radius 3 is 2.43 bits per heavy atom. The molecule has 1 aliphatic rings. The topological polar surface area (TPSA) is 88.3 Å². The van der Waals surface area contributed by atoms with Crippen molar-refractivity contribution in [1.82, 2.24) is 20.4 Å². The van der Waals surface area contributed by atoms with E-state index in [-0.39, 0.29) is 18.4 Å². The number of hydrogen-bond acceptors (Lipinski definition) is 5. The van der Waals surface area contributed by atoms with Gasteiger partial charge in [0.2, 0.25) is 17.7 Å². The highest BCUT2D eigenvalue weighted by molar-refractivity contribution is 5.99. The number of piperazine rings is 1. The molecule has 1 aliphatic heterocycles. The zero-order valence-electron chi connectivity index (χ0n) is 13.0. The molecular formula is C14H22N4O3. The van der Waals surface area contributed by atoms with Gasteiger partial charge in [0.05, 0.1) is 0 Å². The lowest BCUT2D eigenvalue weighted by molar-refractivity contribution is -0.156. The second kappa shape index (κ2) is 5.83. The molecule has 1 atom stereocenters. The first-order valence-electron chi connectivity index (χ1n) is 7.39. The van der Waals surface area contributed by atoms with Crippen LogP contribution in [-0.2, 0) is 16.1 Å². The van der Waals surface area contributed by atoms with E-state index >= 15 is 0 Å². The lowest BCUT2D eigenvalue weighted by Crippen LogP contribution is -2.69. The molecule has 7 nitrogen and oxygen atoms in total. The van der Waals surface area contributed by atoms with Gasteiger partial charge in [-0.15, -0.1) is 0 Å². The number of aryl methyl sites for hydroxylation is 1. The van der Waals surface area contributed by atoms with E-state index in [0.29, 0.717) is 31.0 Å². The molecule has 1 aromatic heterocycles. The number of carbonyl (C=O) groups is 2. The molecule has 1 saturated heterocycles. The van der Waals surface area contributed by atoms with Crippen LogP contribution in [0.5, 0.6) is 0 Å². The van der Waals surface area contributed by atoms with Crippen LogP contribution < -0.4 is 5.32 Å². The van der Waals surface area contributed by atoms with E-state index in [4.69, 9.17) is 4.52 Å². The van der Waals surface area contributed by atoms with Gasteiger partial charge in [0, 0.05) is 0 Å². The third kappa shape index (κ3) is 2.64. The van der Waals surface area contributed by atoms with Crippen LogP contribution >= 0.6 is 0 Å². The molecule has 0 saturated carbocycles. The number of amides is 2. The Morgan fingerprint density at radius 2 is 1.95 bits per heavy atom. The highest BCUT2D eigenvalue weighted by Crippen LogP contribution is 2.27. The second-order valence-electron chi connectivity index (χ2n) is 5.37. The van der Waals surface area contributed by atoms with Crippen LogP contribution in [0, 0.1) is 6.92 Å². The molecule has 0 bridgehead atoms. The minimum atomic E-state index is -0.822. The predicted octanol–water partition coefficient (Wildman–Crippen LogP) is 1.17. The molecule has 21 heavy (non-hydrogen) atoms. The van der Waals surface area contributed by atoms with Crippen molar-refractivity contribution in [3.05, 3.63) is 11.7 Å². The van der Waals surface area contributed by atoms with Gasteiger partial charge in [-0.3, -0.25) is 9.59 Å². The van der Waals surface area contributed by atoms with Crippen LogP contribution in [0.15, 0.2) is 4.52 Å². The Kier molecular flexibility index (Phi) is 4.29. The summed E-state index contributed by atoms with van der Waals surface area (Å²) in [7, 11) is 0. The standard InChI is InChI=1S/C14H22N4O3/c1-5-10-12(19)16-14(6-2,7-3)13(20)18(10)8-11-15-9(4)17-21-11/h10H,5-8H2,1-4H3,(H,16,19). The fourth-order valence-electron chi connectivity index (χ4n) is 2.80. The average molecular weight is 294 g/mol. The molecule has 2 heterocycles. The normalized spacial score (nSPS) is 21.5. The fourth-order valence-corrected chi connectivity index (χ4v) is 2.80. The zero-order valence-corrected chi connectivity index (χ0v) is 13.0. The van der Waals surface area contributed by atoms with E-state index in [9.17, 15) is 9.59 Å². The van der Waals surface area contributed by atoms with Crippen molar-refractivity contribution in [3.63, 3.8) is 0 Å². The molecule has 116 valence electrons. The van der Waals surface area contributed by atoms with E-state index in [1.165, 1.54) is 0 Å². The summed E-state index contributed by atoms with van der Waals surface area (Å²) in [5.41, 5.74) is -0.822. The van der Waals surface area contributed by atoms with Gasteiger partial charge in [0.15, 0.2) is 5.82 Å². The van der Waals surface area contributed by atoms with E-state index in [0.717, 1.165) is 0 Å². The SMILES string of the molecule is CCC1C(=O)NC(CC)(CC)C(=O)N1Cc1nc(C)no1. The quantitative estimate of drug-likeness (QED) is 0.880. The lowest BCUT2D eigenvalue weighted by atomic mass is 9.86. The first kappa shape index (κ1) is 15.5. The van der Waals surface area contributed by atoms with Crippen LogP contribution in [0.25, 0.3) is 0 Å². The number of hydrogen-bond donors (Lipinski definition) is 1. The number of rotatable bonds is 5. The van der Waals surface area contributed by atoms with Gasteiger partial charge >= 0.3 is 0 Å². The van der Waals surface area contributed by atoms with E-state index in [1.54, 1.807) is 11.8 Å². The molecule has 1 fully saturated rings. The van der Waals surface area contributed by atoms with Crippen LogP contribution in [0.3, 0.4) is 0 Å². The summed E-state index contributed by atoms with van der Waals surface area (Å²) in [5, 5.41) is 6.63. The van der Waals surface area contributed by atoms with Crippen LogP contribution in [0.4, 0.5) is 0 Å². The van der Waals surface area contributed by atoms with Gasteiger partial charge in [-0.05, 0) is 26.2 Å². The van der Waals surface area contributed by atoms with Gasteiger partial charge < -0.3 is 14.7 Å². The van der Waals surface area contributed by atoms with Crippen molar-refractivity contribution < 1.29 is 14.1 Å². The first-order valence-corrected chi connectivity index (χ1v) is 7.39. The van der Waals surface area contributed by atoms with Gasteiger partial charge in [-0.2, -0.15) is 4.98 Å². The smallest absolute Gasteiger partial charge is 0.249 e. The van der Waals surface area contributed by atoms with E-state index in [2.05, 4.69) is 15.5 Å². The number of nitrogens with one attached hydrogen (secondary N) is 1. The fraction of sp³-hybridized carbons (Fsp3) is 0.714. The zero-order chi connectivity index (χ0) is 15.6. The summed E-state index contributed by atoms with van der Waals surface area (Å²) in [6, 6.07) is -0.490. The molecule has 1 unspecified atom stereocenters. The number of carbonyl (C=O) groups excluding carboxylic acids is 2. The van der Waals surface area contributed by atoms with Crippen molar-refractivity contribution in [3.8, 4) is 0 Å². The number of nitrogens with zero attached hydrogens (tertiary/aromatic N) is 3.